The van der Waals surface area contributed by atoms with Crippen molar-refractivity contribution in [3.8, 4) is 17.0 Å². The molecule has 0 aliphatic heterocycles. The number of amides is 1. The first kappa shape index (κ1) is 22.6. The van der Waals surface area contributed by atoms with Crippen LogP contribution >= 0.6 is 11.3 Å². The van der Waals surface area contributed by atoms with Crippen LogP contribution in [0.1, 0.15) is 22.8 Å². The fraction of sp³-hybridized carbons (Fsp3) is 0.107. The van der Waals surface area contributed by atoms with Crippen molar-refractivity contribution in [1.82, 2.24) is 4.98 Å². The van der Waals surface area contributed by atoms with Gasteiger partial charge in [0, 0.05) is 16.3 Å². The molecule has 2 aromatic heterocycles. The highest BCUT2D eigenvalue weighted by atomic mass is 32.1. The fourth-order valence-electron chi connectivity index (χ4n) is 3.63. The van der Waals surface area contributed by atoms with Crippen molar-refractivity contribution in [2.45, 2.75) is 13.8 Å². The lowest BCUT2D eigenvalue weighted by Crippen LogP contribution is -2.21. The summed E-state index contributed by atoms with van der Waals surface area (Å²) in [4.78, 5) is 22.6. The minimum Gasteiger partial charge on any atom is -0.494 e. The van der Waals surface area contributed by atoms with Gasteiger partial charge >= 0.3 is 0 Å². The Bertz CT molecular complexity index is 1570. The predicted octanol–water partition coefficient (Wildman–Crippen LogP) is 6.75. The van der Waals surface area contributed by atoms with Crippen LogP contribution < -0.4 is 15.6 Å². The lowest BCUT2D eigenvalue weighted by molar-refractivity contribution is 0.102. The maximum absolute atomic E-state index is 13.3. The number of thiazole rings is 1. The van der Waals surface area contributed by atoms with E-state index in [0.717, 1.165) is 33.6 Å². The van der Waals surface area contributed by atoms with Crippen molar-refractivity contribution >= 4 is 39.0 Å². The molecule has 0 fully saturated rings. The van der Waals surface area contributed by atoms with E-state index in [2.05, 4.69) is 15.3 Å². The molecule has 7 heteroatoms. The van der Waals surface area contributed by atoms with Gasteiger partial charge in [0.05, 0.1) is 18.0 Å². The van der Waals surface area contributed by atoms with Crippen LogP contribution in [0, 0.1) is 6.92 Å². The molecule has 0 bridgehead atoms. The molecule has 35 heavy (non-hydrogen) atoms. The number of nitrogens with zero attached hydrogens (tertiary/aromatic N) is 2. The Kier molecular flexibility index (Phi) is 6.41. The van der Waals surface area contributed by atoms with Gasteiger partial charge in [0.1, 0.15) is 16.9 Å². The first-order valence-electron chi connectivity index (χ1n) is 11.2. The number of aryl methyl sites for hydroxylation is 1. The number of nitrogens with one attached hydrogen (secondary N) is 1. The third kappa shape index (κ3) is 5.00. The number of aromatic nitrogens is 1. The van der Waals surface area contributed by atoms with E-state index >= 15 is 0 Å². The van der Waals surface area contributed by atoms with Crippen LogP contribution in [0.15, 0.2) is 93.7 Å². The SMILES string of the molecule is CCOc1ccc(-c2csc(NC(=O)c3cc4ccccc4oc3=Nc3ccccc3C)n2)cc1. The van der Waals surface area contributed by atoms with E-state index in [-0.39, 0.29) is 11.5 Å². The summed E-state index contributed by atoms with van der Waals surface area (Å²) in [6.07, 6.45) is 0. The van der Waals surface area contributed by atoms with E-state index < -0.39 is 0 Å². The van der Waals surface area contributed by atoms with Crippen molar-refractivity contribution < 1.29 is 13.9 Å². The van der Waals surface area contributed by atoms with E-state index in [1.807, 2.05) is 92.0 Å². The first-order valence-corrected chi connectivity index (χ1v) is 12.1. The summed E-state index contributed by atoms with van der Waals surface area (Å²) in [6, 6.07) is 24.8. The van der Waals surface area contributed by atoms with Gasteiger partial charge in [0.2, 0.25) is 5.55 Å². The van der Waals surface area contributed by atoms with Gasteiger partial charge in [-0.2, -0.15) is 0 Å². The number of para-hydroxylation sites is 2. The normalized spacial score (nSPS) is 11.5. The number of fused-ring (bicyclic) bond motifs is 1. The van der Waals surface area contributed by atoms with Gasteiger partial charge in [0.15, 0.2) is 5.13 Å². The summed E-state index contributed by atoms with van der Waals surface area (Å²) in [7, 11) is 0. The van der Waals surface area contributed by atoms with Crippen LogP contribution in [0.2, 0.25) is 0 Å². The summed E-state index contributed by atoms with van der Waals surface area (Å²) < 4.78 is 11.6. The second-order valence-corrected chi connectivity index (χ2v) is 8.71. The zero-order valence-corrected chi connectivity index (χ0v) is 20.1. The number of benzene rings is 3. The second kappa shape index (κ2) is 9.95. The average Bonchev–Trinajstić information content (AvgIpc) is 3.34. The molecule has 0 aliphatic rings. The highest BCUT2D eigenvalue weighted by molar-refractivity contribution is 7.14. The van der Waals surface area contributed by atoms with Crippen LogP contribution in [0.4, 0.5) is 10.8 Å². The fourth-order valence-corrected chi connectivity index (χ4v) is 4.34. The maximum Gasteiger partial charge on any atom is 0.262 e. The van der Waals surface area contributed by atoms with E-state index in [4.69, 9.17) is 9.15 Å². The molecule has 2 heterocycles. The Morgan fingerprint density at radius 1 is 1.06 bits per heavy atom. The van der Waals surface area contributed by atoms with Crippen molar-refractivity contribution in [3.63, 3.8) is 0 Å². The summed E-state index contributed by atoms with van der Waals surface area (Å²) in [6.45, 7) is 4.54. The van der Waals surface area contributed by atoms with Crippen LogP contribution in [0.5, 0.6) is 5.75 Å². The zero-order valence-electron chi connectivity index (χ0n) is 19.3. The average molecular weight is 482 g/mol. The number of carbonyl (C=O) groups is 1. The number of ether oxygens (including phenoxy) is 1. The van der Waals surface area contributed by atoms with Crippen LogP contribution in [-0.4, -0.2) is 17.5 Å². The Hall–Kier alpha value is -4.23. The highest BCUT2D eigenvalue weighted by Crippen LogP contribution is 2.27. The third-order valence-corrected chi connectivity index (χ3v) is 6.18. The molecule has 1 amide bonds. The van der Waals surface area contributed by atoms with E-state index in [1.165, 1.54) is 11.3 Å². The lowest BCUT2D eigenvalue weighted by atomic mass is 10.1. The molecular formula is C28H23N3O3S. The van der Waals surface area contributed by atoms with Gasteiger partial charge in [-0.25, -0.2) is 9.98 Å². The number of hydrogen-bond acceptors (Lipinski definition) is 6. The van der Waals surface area contributed by atoms with Gasteiger partial charge in [-0.05, 0) is 61.9 Å². The molecule has 5 aromatic rings. The maximum atomic E-state index is 13.3. The molecule has 0 atom stereocenters. The van der Waals surface area contributed by atoms with Crippen molar-refractivity contribution in [2.75, 3.05) is 11.9 Å². The van der Waals surface area contributed by atoms with Crippen molar-refractivity contribution in [2.24, 2.45) is 4.99 Å². The zero-order chi connectivity index (χ0) is 24.2. The molecule has 6 nitrogen and oxygen atoms in total. The van der Waals surface area contributed by atoms with Gasteiger partial charge < -0.3 is 9.15 Å². The van der Waals surface area contributed by atoms with Crippen LogP contribution in [-0.2, 0) is 0 Å². The van der Waals surface area contributed by atoms with Crippen LogP contribution in [0.25, 0.3) is 22.2 Å². The lowest BCUT2D eigenvalue weighted by Gasteiger charge is -2.06. The standard InChI is InChI=1S/C28H23N3O3S/c1-3-33-21-14-12-19(13-15-21)24-17-35-28(30-24)31-26(32)22-16-20-9-5-7-11-25(20)34-27(22)29-23-10-6-4-8-18(23)2/h4-17H,3H2,1-2H3,(H,30,31,32). The molecule has 0 saturated heterocycles. The predicted molar refractivity (Wildman–Crippen MR) is 139 cm³/mol. The number of hydrogen-bond donors (Lipinski definition) is 1. The van der Waals surface area contributed by atoms with Crippen LogP contribution in [0.3, 0.4) is 0 Å². The topological polar surface area (TPSA) is 76.7 Å². The summed E-state index contributed by atoms with van der Waals surface area (Å²) in [5.41, 5.74) is 4.70. The molecule has 0 aliphatic carbocycles. The van der Waals surface area contributed by atoms with E-state index in [0.29, 0.717) is 22.9 Å². The number of rotatable bonds is 6. The van der Waals surface area contributed by atoms with Crippen molar-refractivity contribution in [3.05, 3.63) is 101 Å². The minimum atomic E-state index is -0.334. The molecule has 0 radical (unpaired) electrons. The highest BCUT2D eigenvalue weighted by Gasteiger charge is 2.15. The first-order chi connectivity index (χ1) is 17.1. The minimum absolute atomic E-state index is 0.249. The molecule has 174 valence electrons. The van der Waals surface area contributed by atoms with Gasteiger partial charge in [0.25, 0.3) is 5.91 Å². The van der Waals surface area contributed by atoms with Crippen molar-refractivity contribution in [1.29, 1.82) is 0 Å². The van der Waals surface area contributed by atoms with Gasteiger partial charge in [-0.3, -0.25) is 10.1 Å². The number of carbonyl (C=O) groups excluding carboxylic acids is 1. The monoisotopic (exact) mass is 481 g/mol. The molecule has 0 unspecified atom stereocenters. The van der Waals surface area contributed by atoms with Gasteiger partial charge in [-0.15, -0.1) is 11.3 Å². The van der Waals surface area contributed by atoms with E-state index in [9.17, 15) is 4.79 Å². The molecule has 3 aromatic carbocycles. The Labute approximate surface area is 206 Å². The third-order valence-electron chi connectivity index (χ3n) is 5.42. The smallest absolute Gasteiger partial charge is 0.262 e. The van der Waals surface area contributed by atoms with Gasteiger partial charge in [-0.1, -0.05) is 36.4 Å². The number of anilines is 1. The molecule has 5 rings (SSSR count). The molecule has 1 N–H and O–H groups in total. The largest absolute Gasteiger partial charge is 0.494 e. The summed E-state index contributed by atoms with van der Waals surface area (Å²) >= 11 is 1.36. The second-order valence-electron chi connectivity index (χ2n) is 7.85. The quantitative estimate of drug-likeness (QED) is 0.291. The molecule has 0 spiro atoms. The molecular weight excluding hydrogens is 458 g/mol. The van der Waals surface area contributed by atoms with E-state index in [1.54, 1.807) is 6.07 Å². The Morgan fingerprint density at radius 3 is 2.63 bits per heavy atom. The summed E-state index contributed by atoms with van der Waals surface area (Å²) in [5.74, 6) is 0.476. The Balaban J connectivity index is 1.48. The summed E-state index contributed by atoms with van der Waals surface area (Å²) in [5, 5.41) is 6.13. The molecule has 0 saturated carbocycles. The Morgan fingerprint density at radius 2 is 1.83 bits per heavy atom.